The zero-order valence-corrected chi connectivity index (χ0v) is 21.5. The Balaban J connectivity index is 2.03. The van der Waals surface area contributed by atoms with Crippen LogP contribution in [0, 0.1) is 27.7 Å². The standard InChI is InChI=1S/C30H31NO5/c1-7-36-25-16-21(13-14-24(25)35-6)27-26(28(32)22-15-17(2)11-12-19(22)4)29(33)30(34)31(27)23-10-8-9-18(3)20(23)5/h8-16,27,32H,7H2,1-6H3/b28-26+. The predicted molar refractivity (Wildman–Crippen MR) is 141 cm³/mol. The summed E-state index contributed by atoms with van der Waals surface area (Å²) < 4.78 is 11.2. The zero-order valence-electron chi connectivity index (χ0n) is 21.5. The monoisotopic (exact) mass is 485 g/mol. The van der Waals surface area contributed by atoms with E-state index in [4.69, 9.17) is 9.47 Å². The van der Waals surface area contributed by atoms with Crippen molar-refractivity contribution in [3.63, 3.8) is 0 Å². The van der Waals surface area contributed by atoms with Crippen molar-refractivity contribution in [1.82, 2.24) is 0 Å². The number of hydrogen-bond donors (Lipinski definition) is 1. The topological polar surface area (TPSA) is 76.1 Å². The molecule has 0 aromatic heterocycles. The van der Waals surface area contributed by atoms with Crippen molar-refractivity contribution < 1.29 is 24.2 Å². The lowest BCUT2D eigenvalue weighted by atomic mass is 9.92. The summed E-state index contributed by atoms with van der Waals surface area (Å²) in [7, 11) is 1.56. The van der Waals surface area contributed by atoms with Crippen LogP contribution in [0.3, 0.4) is 0 Å². The van der Waals surface area contributed by atoms with Crippen LogP contribution in [0.1, 0.15) is 46.3 Å². The van der Waals surface area contributed by atoms with Crippen LogP contribution in [0.2, 0.25) is 0 Å². The summed E-state index contributed by atoms with van der Waals surface area (Å²) in [5.74, 6) is -0.571. The van der Waals surface area contributed by atoms with Crippen LogP contribution in [0.4, 0.5) is 5.69 Å². The van der Waals surface area contributed by atoms with Gasteiger partial charge in [0.2, 0.25) is 0 Å². The van der Waals surface area contributed by atoms with Gasteiger partial charge in [0, 0.05) is 11.3 Å². The van der Waals surface area contributed by atoms with E-state index in [0.29, 0.717) is 34.9 Å². The molecule has 6 nitrogen and oxygen atoms in total. The predicted octanol–water partition coefficient (Wildman–Crippen LogP) is 5.95. The Hall–Kier alpha value is -4.06. The summed E-state index contributed by atoms with van der Waals surface area (Å²) in [6.45, 7) is 9.95. The van der Waals surface area contributed by atoms with Gasteiger partial charge in [-0.1, -0.05) is 35.9 Å². The molecular formula is C30H31NO5. The third-order valence-electron chi connectivity index (χ3n) is 6.73. The highest BCUT2D eigenvalue weighted by Crippen LogP contribution is 2.45. The van der Waals surface area contributed by atoms with E-state index in [9.17, 15) is 14.7 Å². The van der Waals surface area contributed by atoms with E-state index >= 15 is 0 Å². The fourth-order valence-corrected chi connectivity index (χ4v) is 4.66. The molecule has 3 aromatic carbocycles. The van der Waals surface area contributed by atoms with E-state index in [1.807, 2.05) is 71.0 Å². The molecule has 1 saturated heterocycles. The number of hydrogen-bond acceptors (Lipinski definition) is 5. The average molecular weight is 486 g/mol. The fourth-order valence-electron chi connectivity index (χ4n) is 4.66. The highest BCUT2D eigenvalue weighted by atomic mass is 16.5. The molecule has 0 aliphatic carbocycles. The Kier molecular flexibility index (Phi) is 6.88. The van der Waals surface area contributed by atoms with E-state index in [0.717, 1.165) is 22.3 Å². The molecule has 36 heavy (non-hydrogen) atoms. The van der Waals surface area contributed by atoms with Crippen LogP contribution < -0.4 is 14.4 Å². The summed E-state index contributed by atoms with van der Waals surface area (Å²) >= 11 is 0. The molecule has 1 amide bonds. The number of carbonyl (C=O) groups excluding carboxylic acids is 2. The lowest BCUT2D eigenvalue weighted by molar-refractivity contribution is -0.132. The second-order valence-electron chi connectivity index (χ2n) is 9.05. The molecule has 1 unspecified atom stereocenters. The fraction of sp³-hybridized carbons (Fsp3) is 0.267. The minimum atomic E-state index is -0.851. The van der Waals surface area contributed by atoms with Crippen LogP contribution >= 0.6 is 0 Å². The minimum Gasteiger partial charge on any atom is -0.507 e. The summed E-state index contributed by atoms with van der Waals surface area (Å²) in [5.41, 5.74) is 5.44. The van der Waals surface area contributed by atoms with Gasteiger partial charge in [0.15, 0.2) is 11.5 Å². The number of anilines is 1. The maximum atomic E-state index is 13.6. The van der Waals surface area contributed by atoms with Crippen molar-refractivity contribution in [1.29, 1.82) is 0 Å². The molecule has 1 aliphatic heterocycles. The number of nitrogens with zero attached hydrogens (tertiary/aromatic N) is 1. The molecule has 186 valence electrons. The minimum absolute atomic E-state index is 0.0437. The van der Waals surface area contributed by atoms with E-state index in [2.05, 4.69) is 0 Å². The van der Waals surface area contributed by atoms with Gasteiger partial charge in [-0.05, 0) is 81.1 Å². The Morgan fingerprint density at radius 1 is 0.944 bits per heavy atom. The number of rotatable bonds is 6. The van der Waals surface area contributed by atoms with Crippen molar-refractivity contribution in [2.24, 2.45) is 0 Å². The molecule has 6 heteroatoms. The summed E-state index contributed by atoms with van der Waals surface area (Å²) in [5, 5.41) is 11.5. The Labute approximate surface area is 211 Å². The van der Waals surface area contributed by atoms with Gasteiger partial charge in [-0.15, -0.1) is 0 Å². The lowest BCUT2D eigenvalue weighted by Gasteiger charge is -2.28. The molecule has 4 rings (SSSR count). The second-order valence-corrected chi connectivity index (χ2v) is 9.05. The molecule has 1 atom stereocenters. The molecule has 0 saturated carbocycles. The Morgan fingerprint density at radius 3 is 2.39 bits per heavy atom. The summed E-state index contributed by atoms with van der Waals surface area (Å²) in [6.07, 6.45) is 0. The first-order valence-electron chi connectivity index (χ1n) is 11.9. The lowest BCUT2D eigenvalue weighted by Crippen LogP contribution is -2.30. The van der Waals surface area contributed by atoms with Crippen LogP contribution in [0.15, 0.2) is 60.2 Å². The van der Waals surface area contributed by atoms with Gasteiger partial charge >= 0.3 is 0 Å². The van der Waals surface area contributed by atoms with E-state index in [1.54, 1.807) is 25.3 Å². The van der Waals surface area contributed by atoms with Crippen molar-refractivity contribution in [3.8, 4) is 11.5 Å². The third-order valence-corrected chi connectivity index (χ3v) is 6.73. The summed E-state index contributed by atoms with van der Waals surface area (Å²) in [6, 6.07) is 15.8. The highest BCUT2D eigenvalue weighted by Gasteiger charge is 2.47. The van der Waals surface area contributed by atoms with Crippen molar-refractivity contribution >= 4 is 23.1 Å². The SMILES string of the molecule is CCOc1cc(C2/C(=C(\O)c3cc(C)ccc3C)C(=O)C(=O)N2c2cccc(C)c2C)ccc1OC. The van der Waals surface area contributed by atoms with E-state index < -0.39 is 17.7 Å². The molecule has 0 bridgehead atoms. The molecule has 1 aliphatic rings. The maximum absolute atomic E-state index is 13.6. The largest absolute Gasteiger partial charge is 0.507 e. The Morgan fingerprint density at radius 2 is 1.69 bits per heavy atom. The number of Topliss-reactive ketones (excluding diaryl/α,β-unsaturated/α-hetero) is 1. The van der Waals surface area contributed by atoms with Gasteiger partial charge in [-0.3, -0.25) is 14.5 Å². The quantitative estimate of drug-likeness (QED) is 0.265. The average Bonchev–Trinajstić information content (AvgIpc) is 3.12. The Bertz CT molecular complexity index is 1390. The van der Waals surface area contributed by atoms with Crippen LogP contribution in [-0.2, 0) is 9.59 Å². The molecule has 3 aromatic rings. The van der Waals surface area contributed by atoms with E-state index in [1.165, 1.54) is 4.90 Å². The number of benzene rings is 3. The highest BCUT2D eigenvalue weighted by molar-refractivity contribution is 6.51. The van der Waals surface area contributed by atoms with Crippen LogP contribution in [0.5, 0.6) is 11.5 Å². The number of aliphatic hydroxyl groups is 1. The van der Waals surface area contributed by atoms with Crippen molar-refractivity contribution in [3.05, 3.63) is 93.6 Å². The number of aliphatic hydroxyl groups excluding tert-OH is 1. The number of carbonyl (C=O) groups is 2. The molecule has 1 N–H and O–H groups in total. The molecular weight excluding hydrogens is 454 g/mol. The number of methoxy groups -OCH3 is 1. The van der Waals surface area contributed by atoms with Gasteiger partial charge in [-0.25, -0.2) is 0 Å². The molecule has 1 fully saturated rings. The molecule has 1 heterocycles. The molecule has 0 radical (unpaired) electrons. The van der Waals surface area contributed by atoms with Gasteiger partial charge in [0.1, 0.15) is 5.76 Å². The second kappa shape index (κ2) is 9.90. The number of ether oxygens (including phenoxy) is 2. The number of aryl methyl sites for hydroxylation is 3. The van der Waals surface area contributed by atoms with Gasteiger partial charge < -0.3 is 14.6 Å². The van der Waals surface area contributed by atoms with Gasteiger partial charge in [-0.2, -0.15) is 0 Å². The van der Waals surface area contributed by atoms with Crippen molar-refractivity contribution in [2.45, 2.75) is 40.7 Å². The first-order valence-corrected chi connectivity index (χ1v) is 11.9. The normalized spacial score (nSPS) is 16.9. The third kappa shape index (κ3) is 4.24. The molecule has 0 spiro atoms. The first-order chi connectivity index (χ1) is 17.2. The van der Waals surface area contributed by atoms with Crippen molar-refractivity contribution in [2.75, 3.05) is 18.6 Å². The summed E-state index contributed by atoms with van der Waals surface area (Å²) in [4.78, 5) is 28.6. The zero-order chi connectivity index (χ0) is 26.1. The maximum Gasteiger partial charge on any atom is 0.300 e. The van der Waals surface area contributed by atoms with Gasteiger partial charge in [0.05, 0.1) is 25.3 Å². The van der Waals surface area contributed by atoms with Crippen LogP contribution in [0.25, 0.3) is 5.76 Å². The first kappa shape index (κ1) is 25.0. The number of ketones is 1. The van der Waals surface area contributed by atoms with Crippen LogP contribution in [-0.4, -0.2) is 30.5 Å². The van der Waals surface area contributed by atoms with E-state index in [-0.39, 0.29) is 11.3 Å². The van der Waals surface area contributed by atoms with Gasteiger partial charge in [0.25, 0.3) is 11.7 Å². The number of amides is 1. The smallest absolute Gasteiger partial charge is 0.300 e.